The van der Waals surface area contributed by atoms with Gasteiger partial charge in [0.05, 0.1) is 44.9 Å². The molecule has 272 valence electrons. The molecule has 0 amide bonds. The first-order valence-corrected chi connectivity index (χ1v) is 15.1. The summed E-state index contributed by atoms with van der Waals surface area (Å²) in [6, 6.07) is -0.842. The van der Waals surface area contributed by atoms with E-state index in [1.807, 2.05) is 0 Å². The SMILES string of the molecule is C=CC1C(OC2OC(CO)C(O)C(O)(O)C2OCNC)OC=C(C(=O)OC)C1(O)C=CC1CN(CCO)CC(C(=O)O)C1NC(N)=NC. The fraction of sp³-hybridized carbons (Fsp3) is 0.690. The topological polar surface area (TPSA) is 288 Å². The predicted molar refractivity (Wildman–Crippen MR) is 164 cm³/mol. The molecule has 3 aliphatic rings. The number of β-amino-alcohol motifs (C(OH)–C–C–N with tert-alkyl or cyclic N) is 1. The van der Waals surface area contributed by atoms with Gasteiger partial charge in [-0.2, -0.15) is 0 Å². The summed E-state index contributed by atoms with van der Waals surface area (Å²) in [6.45, 7) is 2.87. The second-order valence-electron chi connectivity index (χ2n) is 11.5. The van der Waals surface area contributed by atoms with E-state index < -0.39 is 90.2 Å². The molecule has 19 nitrogen and oxygen atoms in total. The molecular formula is C29H47N5O14. The van der Waals surface area contributed by atoms with Crippen molar-refractivity contribution in [1.29, 1.82) is 0 Å². The van der Waals surface area contributed by atoms with Crippen molar-refractivity contribution in [3.8, 4) is 0 Å². The highest BCUT2D eigenvalue weighted by Crippen LogP contribution is 2.41. The van der Waals surface area contributed by atoms with Crippen LogP contribution in [0.15, 0.2) is 41.6 Å². The molecule has 2 fully saturated rings. The average Bonchev–Trinajstić information content (AvgIpc) is 3.05. The van der Waals surface area contributed by atoms with Crippen LogP contribution in [0.3, 0.4) is 0 Å². The Kier molecular flexibility index (Phi) is 13.8. The van der Waals surface area contributed by atoms with Crippen molar-refractivity contribution in [1.82, 2.24) is 15.5 Å². The monoisotopic (exact) mass is 689 g/mol. The van der Waals surface area contributed by atoms with Crippen molar-refractivity contribution >= 4 is 17.9 Å². The number of likely N-dealkylation sites (tertiary alicyclic amines) is 1. The first-order valence-electron chi connectivity index (χ1n) is 15.1. The lowest BCUT2D eigenvalue weighted by molar-refractivity contribution is -0.412. The molecule has 10 unspecified atom stereocenters. The third-order valence-corrected chi connectivity index (χ3v) is 8.53. The number of aliphatic carboxylic acids is 1. The van der Waals surface area contributed by atoms with E-state index >= 15 is 0 Å². The van der Waals surface area contributed by atoms with Gasteiger partial charge in [0.25, 0.3) is 0 Å². The number of hydrogen-bond donors (Lipinski definition) is 10. The molecule has 3 heterocycles. The van der Waals surface area contributed by atoms with Gasteiger partial charge in [-0.1, -0.05) is 18.2 Å². The molecular weight excluding hydrogens is 642 g/mol. The molecule has 19 heteroatoms. The highest BCUT2D eigenvalue weighted by atomic mass is 16.8. The number of piperidine rings is 1. The molecule has 10 atom stereocenters. The van der Waals surface area contributed by atoms with Crippen LogP contribution in [0.4, 0.5) is 0 Å². The number of esters is 1. The van der Waals surface area contributed by atoms with Crippen LogP contribution in [-0.2, 0) is 33.3 Å². The van der Waals surface area contributed by atoms with Crippen LogP contribution in [0.2, 0.25) is 0 Å². The molecule has 0 radical (unpaired) electrons. The molecule has 0 saturated carbocycles. The van der Waals surface area contributed by atoms with E-state index in [0.717, 1.165) is 13.4 Å². The molecule has 0 aliphatic carbocycles. The lowest BCUT2D eigenvalue weighted by Crippen LogP contribution is -2.69. The highest BCUT2D eigenvalue weighted by Gasteiger charge is 2.58. The largest absolute Gasteiger partial charge is 0.481 e. The van der Waals surface area contributed by atoms with Crippen molar-refractivity contribution in [2.24, 2.45) is 28.5 Å². The minimum atomic E-state index is -2.98. The summed E-state index contributed by atoms with van der Waals surface area (Å²) in [7, 11) is 4.01. The number of carbonyl (C=O) groups is 2. The fourth-order valence-electron chi connectivity index (χ4n) is 5.97. The molecule has 0 aromatic rings. The Bertz CT molecular complexity index is 1220. The van der Waals surface area contributed by atoms with Gasteiger partial charge in [-0.3, -0.25) is 20.0 Å². The van der Waals surface area contributed by atoms with Gasteiger partial charge in [0.1, 0.15) is 29.6 Å². The molecule has 48 heavy (non-hydrogen) atoms. The van der Waals surface area contributed by atoms with E-state index in [4.69, 9.17) is 29.4 Å². The van der Waals surface area contributed by atoms with E-state index in [1.54, 1.807) is 4.90 Å². The van der Waals surface area contributed by atoms with Crippen molar-refractivity contribution in [2.75, 3.05) is 60.8 Å². The minimum Gasteiger partial charge on any atom is -0.481 e. The standard InChI is InChI=1S/C29H47N5O14/c1-5-17-25(48-26-22(46-14-31-2)29(42,43)21(37)19(12-36)47-26)45-13-18(24(40)44-4)28(17,41)7-6-15-10-34(8-9-35)11-16(23(38)39)20(15)33-27(30)32-3/h5-7,13,15-17,19-22,25-26,31,35-37,41-43H,1,8-12,14H2,2-4H3,(H,38,39)(H3,30,32,33). The molecule has 0 bridgehead atoms. The number of carboxylic acids is 1. The van der Waals surface area contributed by atoms with Gasteiger partial charge in [0, 0.05) is 32.6 Å². The van der Waals surface area contributed by atoms with Crippen LogP contribution < -0.4 is 16.4 Å². The van der Waals surface area contributed by atoms with Gasteiger partial charge in [0.2, 0.25) is 12.1 Å². The summed E-state index contributed by atoms with van der Waals surface area (Å²) < 4.78 is 27.5. The summed E-state index contributed by atoms with van der Waals surface area (Å²) >= 11 is 0. The predicted octanol–water partition coefficient (Wildman–Crippen LogP) is -4.65. The normalized spacial score (nSPS) is 35.8. The highest BCUT2D eigenvalue weighted by molar-refractivity contribution is 5.91. The first-order chi connectivity index (χ1) is 22.7. The number of methoxy groups -OCH3 is 1. The quantitative estimate of drug-likeness (QED) is 0.0270. The zero-order valence-corrected chi connectivity index (χ0v) is 26.9. The van der Waals surface area contributed by atoms with Crippen molar-refractivity contribution in [3.63, 3.8) is 0 Å². The van der Waals surface area contributed by atoms with Crippen LogP contribution >= 0.6 is 0 Å². The van der Waals surface area contributed by atoms with E-state index in [1.165, 1.54) is 32.3 Å². The Morgan fingerprint density at radius 2 is 1.96 bits per heavy atom. The maximum atomic E-state index is 12.9. The molecule has 11 N–H and O–H groups in total. The van der Waals surface area contributed by atoms with Crippen LogP contribution in [0.5, 0.6) is 0 Å². The molecule has 3 rings (SSSR count). The number of nitrogens with two attached hydrogens (primary N) is 1. The number of aliphatic imine (C=N–C) groups is 1. The number of nitrogens with zero attached hydrogens (tertiary/aromatic N) is 2. The number of rotatable bonds is 14. The first kappa shape index (κ1) is 39.2. The van der Waals surface area contributed by atoms with Gasteiger partial charge in [-0.05, 0) is 7.05 Å². The molecule has 0 spiro atoms. The number of hydrogen-bond acceptors (Lipinski definition) is 16. The van der Waals surface area contributed by atoms with E-state index in [-0.39, 0.29) is 38.9 Å². The Labute approximate surface area is 276 Å². The number of carbonyl (C=O) groups excluding carboxylic acids is 1. The Morgan fingerprint density at radius 3 is 2.52 bits per heavy atom. The summed E-state index contributed by atoms with van der Waals surface area (Å²) in [5, 5.41) is 79.1. The number of ether oxygens (including phenoxy) is 5. The van der Waals surface area contributed by atoms with Crippen molar-refractivity contribution < 1.29 is 69.0 Å². The van der Waals surface area contributed by atoms with Crippen LogP contribution in [-0.4, -0.2) is 168 Å². The van der Waals surface area contributed by atoms with Crippen molar-refractivity contribution in [2.45, 2.75) is 48.3 Å². The number of nitrogens with one attached hydrogen (secondary N) is 2. The zero-order chi connectivity index (χ0) is 35.8. The lowest BCUT2D eigenvalue weighted by atomic mass is 9.76. The number of carboxylic acid groups (broad SMARTS) is 1. The van der Waals surface area contributed by atoms with Crippen LogP contribution in [0.1, 0.15) is 0 Å². The summed E-state index contributed by atoms with van der Waals surface area (Å²) in [5.41, 5.74) is 3.23. The fourth-order valence-corrected chi connectivity index (χ4v) is 5.97. The maximum absolute atomic E-state index is 12.9. The van der Waals surface area contributed by atoms with Gasteiger partial charge in [0.15, 0.2) is 18.4 Å². The second-order valence-corrected chi connectivity index (χ2v) is 11.5. The molecule has 0 aromatic carbocycles. The lowest BCUT2D eigenvalue weighted by Gasteiger charge is -2.48. The third-order valence-electron chi connectivity index (χ3n) is 8.53. The van der Waals surface area contributed by atoms with Gasteiger partial charge in [-0.25, -0.2) is 4.79 Å². The van der Waals surface area contributed by atoms with E-state index in [0.29, 0.717) is 0 Å². The minimum absolute atomic E-state index is 0.0321. The summed E-state index contributed by atoms with van der Waals surface area (Å²) in [4.78, 5) is 30.8. The van der Waals surface area contributed by atoms with Gasteiger partial charge >= 0.3 is 11.9 Å². The summed E-state index contributed by atoms with van der Waals surface area (Å²) in [5.74, 6) is -8.23. The molecule has 3 aliphatic heterocycles. The maximum Gasteiger partial charge on any atom is 0.340 e. The zero-order valence-electron chi connectivity index (χ0n) is 26.9. The Hall–Kier alpha value is -3.21. The van der Waals surface area contributed by atoms with E-state index in [9.17, 15) is 45.3 Å². The smallest absolute Gasteiger partial charge is 0.340 e. The van der Waals surface area contributed by atoms with Crippen LogP contribution in [0, 0.1) is 17.8 Å². The van der Waals surface area contributed by atoms with Crippen LogP contribution in [0.25, 0.3) is 0 Å². The number of aliphatic hydroxyl groups is 6. The second kappa shape index (κ2) is 16.9. The van der Waals surface area contributed by atoms with Gasteiger partial charge in [-0.15, -0.1) is 6.58 Å². The molecule has 0 aromatic heterocycles. The Balaban J connectivity index is 2.06. The number of aliphatic hydroxyl groups excluding tert-OH is 3. The molecule has 2 saturated heterocycles. The summed E-state index contributed by atoms with van der Waals surface area (Å²) in [6.07, 6.45) is -3.82. The average molecular weight is 690 g/mol. The number of guanidine groups is 1. The van der Waals surface area contributed by atoms with Gasteiger partial charge < -0.3 is 70.5 Å². The third kappa shape index (κ3) is 8.32. The van der Waals surface area contributed by atoms with E-state index in [2.05, 4.69) is 22.2 Å². The van der Waals surface area contributed by atoms with Crippen molar-refractivity contribution in [3.05, 3.63) is 36.6 Å². The Morgan fingerprint density at radius 1 is 1.25 bits per heavy atom.